The number of benzene rings is 2. The van der Waals surface area contributed by atoms with Crippen LogP contribution in [0.2, 0.25) is 0 Å². The topological polar surface area (TPSA) is 86.7 Å². The molecule has 0 unspecified atom stereocenters. The highest BCUT2D eigenvalue weighted by Crippen LogP contribution is 2.25. The minimum Gasteiger partial charge on any atom is -0.411 e. The van der Waals surface area contributed by atoms with E-state index in [1.165, 1.54) is 10.7 Å². The van der Waals surface area contributed by atoms with Gasteiger partial charge in [-0.2, -0.15) is 4.68 Å². The summed E-state index contributed by atoms with van der Waals surface area (Å²) >= 11 is 1.12. The smallest absolute Gasteiger partial charge is 0.278 e. The van der Waals surface area contributed by atoms with Crippen LogP contribution in [0.3, 0.4) is 0 Å². The van der Waals surface area contributed by atoms with E-state index < -0.39 is 5.82 Å². The summed E-state index contributed by atoms with van der Waals surface area (Å²) in [5.74, 6) is -0.216. The van der Waals surface area contributed by atoms with Crippen LogP contribution in [0.15, 0.2) is 63.0 Å². The van der Waals surface area contributed by atoms with Gasteiger partial charge in [0.1, 0.15) is 17.2 Å². The van der Waals surface area contributed by atoms with Gasteiger partial charge >= 0.3 is 0 Å². The SMILES string of the molecule is O=c1c2ccccc2nnn1CSc1nnc(-c2ccccc2F)o1. The van der Waals surface area contributed by atoms with Gasteiger partial charge in [-0.05, 0) is 36.0 Å². The Balaban J connectivity index is 1.56. The average Bonchev–Trinajstić information content (AvgIpc) is 3.10. The van der Waals surface area contributed by atoms with Gasteiger partial charge in [0, 0.05) is 0 Å². The molecule has 2 aromatic heterocycles. The monoisotopic (exact) mass is 355 g/mol. The Kier molecular flexibility index (Phi) is 3.98. The third kappa shape index (κ3) is 3.01. The van der Waals surface area contributed by atoms with Gasteiger partial charge in [0.05, 0.1) is 10.9 Å². The van der Waals surface area contributed by atoms with E-state index >= 15 is 0 Å². The molecular weight excluding hydrogens is 345 g/mol. The zero-order valence-corrected chi connectivity index (χ0v) is 13.5. The summed E-state index contributed by atoms with van der Waals surface area (Å²) in [4.78, 5) is 12.4. The number of rotatable bonds is 4. The standard InChI is InChI=1S/C16H10FN5O2S/c17-12-7-3-1-5-10(12)14-19-20-16(24-14)25-9-22-15(23)11-6-2-4-8-13(11)18-21-22/h1-8H,9H2. The molecule has 25 heavy (non-hydrogen) atoms. The maximum atomic E-state index is 13.7. The van der Waals surface area contributed by atoms with Crippen molar-refractivity contribution in [3.8, 4) is 11.5 Å². The first-order chi connectivity index (χ1) is 12.2. The van der Waals surface area contributed by atoms with Gasteiger partial charge in [0.2, 0.25) is 0 Å². The third-order valence-electron chi connectivity index (χ3n) is 3.45. The minimum atomic E-state index is -0.445. The van der Waals surface area contributed by atoms with Crippen molar-refractivity contribution in [3.63, 3.8) is 0 Å². The zero-order chi connectivity index (χ0) is 17.2. The van der Waals surface area contributed by atoms with Crippen molar-refractivity contribution in [1.82, 2.24) is 25.2 Å². The molecule has 9 heteroatoms. The molecule has 0 saturated carbocycles. The van der Waals surface area contributed by atoms with Crippen molar-refractivity contribution in [2.24, 2.45) is 0 Å². The van der Waals surface area contributed by atoms with Crippen molar-refractivity contribution < 1.29 is 8.81 Å². The lowest BCUT2D eigenvalue weighted by Gasteiger charge is -2.02. The van der Waals surface area contributed by atoms with Gasteiger partial charge in [-0.3, -0.25) is 4.79 Å². The lowest BCUT2D eigenvalue weighted by Crippen LogP contribution is -2.23. The van der Waals surface area contributed by atoms with Gasteiger partial charge in [0.25, 0.3) is 16.7 Å². The first-order valence-electron chi connectivity index (χ1n) is 7.26. The first kappa shape index (κ1) is 15.5. The van der Waals surface area contributed by atoms with Crippen LogP contribution in [-0.4, -0.2) is 25.2 Å². The Morgan fingerprint density at radius 2 is 1.84 bits per heavy atom. The van der Waals surface area contributed by atoms with Gasteiger partial charge < -0.3 is 4.42 Å². The van der Waals surface area contributed by atoms with E-state index in [4.69, 9.17) is 4.42 Å². The van der Waals surface area contributed by atoms with Crippen LogP contribution in [-0.2, 0) is 5.88 Å². The van der Waals surface area contributed by atoms with Gasteiger partial charge in [-0.15, -0.1) is 15.3 Å². The fraction of sp³-hybridized carbons (Fsp3) is 0.0625. The molecule has 0 aliphatic rings. The molecule has 0 fully saturated rings. The van der Waals surface area contributed by atoms with Crippen LogP contribution >= 0.6 is 11.8 Å². The molecule has 0 amide bonds. The summed E-state index contributed by atoms with van der Waals surface area (Å²) in [7, 11) is 0. The van der Waals surface area contributed by atoms with Crippen LogP contribution in [0, 0.1) is 5.82 Å². The Labute approximate surface area is 144 Å². The molecule has 0 radical (unpaired) electrons. The van der Waals surface area contributed by atoms with Crippen molar-refractivity contribution >= 4 is 22.7 Å². The molecule has 124 valence electrons. The zero-order valence-electron chi connectivity index (χ0n) is 12.7. The molecule has 4 rings (SSSR count). The molecule has 0 N–H and O–H groups in total. The Hall–Kier alpha value is -3.07. The number of halogens is 1. The average molecular weight is 355 g/mol. The lowest BCUT2D eigenvalue weighted by molar-refractivity contribution is 0.461. The first-order valence-corrected chi connectivity index (χ1v) is 8.25. The molecule has 0 bridgehead atoms. The van der Waals surface area contributed by atoms with Gasteiger partial charge in [-0.25, -0.2) is 4.39 Å². The van der Waals surface area contributed by atoms with Crippen molar-refractivity contribution in [2.45, 2.75) is 11.1 Å². The number of thioether (sulfide) groups is 1. The quantitative estimate of drug-likeness (QED) is 0.520. The van der Waals surface area contributed by atoms with Crippen LogP contribution in [0.1, 0.15) is 0 Å². The Bertz CT molecular complexity index is 1110. The highest BCUT2D eigenvalue weighted by molar-refractivity contribution is 7.98. The molecule has 0 aliphatic carbocycles. The van der Waals surface area contributed by atoms with Crippen LogP contribution in [0.25, 0.3) is 22.4 Å². The fourth-order valence-corrected chi connectivity index (χ4v) is 2.87. The molecule has 2 heterocycles. The normalized spacial score (nSPS) is 11.1. The summed E-state index contributed by atoms with van der Waals surface area (Å²) in [5.41, 5.74) is 0.504. The predicted molar refractivity (Wildman–Crippen MR) is 89.3 cm³/mol. The van der Waals surface area contributed by atoms with E-state index in [-0.39, 0.29) is 28.1 Å². The maximum Gasteiger partial charge on any atom is 0.278 e. The van der Waals surface area contributed by atoms with E-state index in [0.29, 0.717) is 10.9 Å². The molecule has 0 saturated heterocycles. The summed E-state index contributed by atoms with van der Waals surface area (Å²) < 4.78 is 20.4. The highest BCUT2D eigenvalue weighted by Gasteiger charge is 2.13. The summed E-state index contributed by atoms with van der Waals surface area (Å²) in [6.07, 6.45) is 0. The Morgan fingerprint density at radius 3 is 2.72 bits per heavy atom. The second-order valence-electron chi connectivity index (χ2n) is 5.04. The summed E-state index contributed by atoms with van der Waals surface area (Å²) in [6, 6.07) is 13.1. The summed E-state index contributed by atoms with van der Waals surface area (Å²) in [5, 5.41) is 16.3. The highest BCUT2D eigenvalue weighted by atomic mass is 32.2. The van der Waals surface area contributed by atoms with Crippen molar-refractivity contribution in [1.29, 1.82) is 0 Å². The number of aromatic nitrogens is 5. The fourth-order valence-electron chi connectivity index (χ4n) is 2.24. The lowest BCUT2D eigenvalue weighted by atomic mass is 10.2. The largest absolute Gasteiger partial charge is 0.411 e. The number of hydrogen-bond acceptors (Lipinski definition) is 7. The number of fused-ring (bicyclic) bond motifs is 1. The molecule has 7 nitrogen and oxygen atoms in total. The van der Waals surface area contributed by atoms with E-state index in [9.17, 15) is 9.18 Å². The van der Waals surface area contributed by atoms with E-state index in [1.807, 2.05) is 0 Å². The molecule has 0 spiro atoms. The molecule has 2 aromatic carbocycles. The molecular formula is C16H10FN5O2S. The van der Waals surface area contributed by atoms with Crippen LogP contribution < -0.4 is 5.56 Å². The second kappa shape index (κ2) is 6.44. The minimum absolute atomic E-state index is 0.0811. The third-order valence-corrected chi connectivity index (χ3v) is 4.24. The predicted octanol–water partition coefficient (Wildman–Crippen LogP) is 2.73. The number of nitrogens with zero attached hydrogens (tertiary/aromatic N) is 5. The molecule has 4 aromatic rings. The molecule has 0 aliphatic heterocycles. The van der Waals surface area contributed by atoms with Gasteiger partial charge in [0.15, 0.2) is 0 Å². The Morgan fingerprint density at radius 1 is 1.04 bits per heavy atom. The van der Waals surface area contributed by atoms with Crippen molar-refractivity contribution in [2.75, 3.05) is 0 Å². The summed E-state index contributed by atoms with van der Waals surface area (Å²) in [6.45, 7) is 0. The van der Waals surface area contributed by atoms with Crippen LogP contribution in [0.5, 0.6) is 0 Å². The number of hydrogen-bond donors (Lipinski definition) is 0. The molecule has 0 atom stereocenters. The van der Waals surface area contributed by atoms with Crippen LogP contribution in [0.4, 0.5) is 4.39 Å². The second-order valence-corrected chi connectivity index (χ2v) is 5.93. The van der Waals surface area contributed by atoms with E-state index in [0.717, 1.165) is 11.8 Å². The van der Waals surface area contributed by atoms with E-state index in [1.54, 1.807) is 42.5 Å². The van der Waals surface area contributed by atoms with E-state index in [2.05, 4.69) is 20.5 Å². The van der Waals surface area contributed by atoms with Crippen molar-refractivity contribution in [3.05, 3.63) is 64.7 Å². The van der Waals surface area contributed by atoms with Gasteiger partial charge in [-0.1, -0.05) is 29.5 Å². The maximum absolute atomic E-state index is 13.7.